The molecule has 146 valence electrons. The van der Waals surface area contributed by atoms with Gasteiger partial charge in [0, 0.05) is 12.8 Å². The van der Waals surface area contributed by atoms with Gasteiger partial charge in [-0.3, -0.25) is 28.8 Å². The Hall–Kier alpha value is -2.86. The van der Waals surface area contributed by atoms with Crippen molar-refractivity contribution in [2.75, 3.05) is 0 Å². The third kappa shape index (κ3) is 7.36. The van der Waals surface area contributed by atoms with E-state index in [9.17, 15) is 28.8 Å². The molecule has 0 fully saturated rings. The van der Waals surface area contributed by atoms with Gasteiger partial charge in [-0.15, -0.1) is 0 Å². The summed E-state index contributed by atoms with van der Waals surface area (Å²) in [7, 11) is 0. The summed E-state index contributed by atoms with van der Waals surface area (Å²) in [6.45, 7) is 0. The fourth-order valence-corrected chi connectivity index (χ4v) is 2.04. The lowest BCUT2D eigenvalue weighted by Crippen LogP contribution is -2.38. The highest BCUT2D eigenvalue weighted by Crippen LogP contribution is 2.16. The van der Waals surface area contributed by atoms with Crippen molar-refractivity contribution < 1.29 is 49.2 Å². The number of hydrogen-bond acceptors (Lipinski definition) is 8. The Morgan fingerprint density at radius 3 is 1.04 bits per heavy atom. The summed E-state index contributed by atoms with van der Waals surface area (Å²) in [5, 5.41) is 35.3. The van der Waals surface area contributed by atoms with Crippen molar-refractivity contribution in [1.82, 2.24) is 0 Å². The van der Waals surface area contributed by atoms with Crippen molar-refractivity contribution in [3.8, 4) is 0 Å². The Labute approximate surface area is 146 Å². The molecule has 8 N–H and O–H groups in total. The van der Waals surface area contributed by atoms with Gasteiger partial charge in [0.1, 0.15) is 35.5 Å². The van der Waals surface area contributed by atoms with Crippen molar-refractivity contribution in [2.24, 2.45) is 23.3 Å². The molecule has 0 rings (SSSR count). The van der Waals surface area contributed by atoms with Gasteiger partial charge in [0.15, 0.2) is 0 Å². The summed E-state index contributed by atoms with van der Waals surface area (Å²) in [5.74, 6) is -11.8. The van der Waals surface area contributed by atoms with E-state index in [1.54, 1.807) is 0 Å². The van der Waals surface area contributed by atoms with E-state index >= 15 is 0 Å². The van der Waals surface area contributed by atoms with Crippen LogP contribution in [0.4, 0.5) is 0 Å². The van der Waals surface area contributed by atoms with Crippen LogP contribution in [0.15, 0.2) is 0 Å². The van der Waals surface area contributed by atoms with Gasteiger partial charge in [0.05, 0.1) is 0 Å². The van der Waals surface area contributed by atoms with E-state index < -0.39 is 85.0 Å². The van der Waals surface area contributed by atoms with Crippen LogP contribution in [-0.4, -0.2) is 68.0 Å². The number of ketones is 2. The van der Waals surface area contributed by atoms with Gasteiger partial charge in [-0.2, -0.15) is 0 Å². The van der Waals surface area contributed by atoms with Crippen LogP contribution < -0.4 is 11.5 Å². The van der Waals surface area contributed by atoms with Crippen molar-refractivity contribution in [2.45, 2.75) is 37.8 Å². The molecule has 0 aliphatic carbocycles. The van der Waals surface area contributed by atoms with Gasteiger partial charge < -0.3 is 31.9 Å². The van der Waals surface area contributed by atoms with Crippen molar-refractivity contribution in [1.29, 1.82) is 0 Å². The highest BCUT2D eigenvalue weighted by Gasteiger charge is 2.33. The Morgan fingerprint density at radius 2 is 0.846 bits per heavy atom. The quantitative estimate of drug-likeness (QED) is 0.190. The number of nitrogens with two attached hydrogens (primary N) is 2. The maximum Gasteiger partial charge on any atom is 0.320 e. The van der Waals surface area contributed by atoms with Gasteiger partial charge in [-0.25, -0.2) is 0 Å². The first-order chi connectivity index (χ1) is 11.9. The third-order valence-electron chi connectivity index (χ3n) is 3.60. The highest BCUT2D eigenvalue weighted by atomic mass is 16.4. The van der Waals surface area contributed by atoms with E-state index in [1.807, 2.05) is 0 Å². The largest absolute Gasteiger partial charge is 0.481 e. The summed E-state index contributed by atoms with van der Waals surface area (Å²) in [6, 6.07) is -3.20. The monoisotopic (exact) mass is 376 g/mol. The Morgan fingerprint density at radius 1 is 0.577 bits per heavy atom. The Kier molecular flexibility index (Phi) is 9.08. The standard InChI is InChI=1S/C14H20N2O10/c15-7(13(23)24)3-5(11(19)20)9(17)1-2-10(18)6(12(21)22)4-8(16)14(25)26/h5-8H,1-4,15-16H2,(H,19,20)(H,21,22)(H,23,24)(H,25,26). The minimum atomic E-state index is -1.77. The Balaban J connectivity index is 4.94. The number of carbonyl (C=O) groups is 6. The van der Waals surface area contributed by atoms with E-state index in [4.69, 9.17) is 31.9 Å². The minimum absolute atomic E-state index is 0.659. The summed E-state index contributed by atoms with van der Waals surface area (Å²) < 4.78 is 0. The molecule has 0 aromatic carbocycles. The number of rotatable bonds is 13. The lowest BCUT2D eigenvalue weighted by molar-refractivity contribution is -0.151. The molecule has 4 atom stereocenters. The first-order valence-corrected chi connectivity index (χ1v) is 7.36. The molecular weight excluding hydrogens is 356 g/mol. The smallest absolute Gasteiger partial charge is 0.320 e. The lowest BCUT2D eigenvalue weighted by Gasteiger charge is -2.16. The van der Waals surface area contributed by atoms with Crippen molar-refractivity contribution >= 4 is 35.4 Å². The van der Waals surface area contributed by atoms with E-state index in [-0.39, 0.29) is 0 Å². The molecule has 0 saturated heterocycles. The number of carboxylic acids is 4. The van der Waals surface area contributed by atoms with Gasteiger partial charge in [0.25, 0.3) is 0 Å². The normalized spacial score (nSPS) is 15.3. The van der Waals surface area contributed by atoms with Crippen LogP contribution in [0.25, 0.3) is 0 Å². The SMILES string of the molecule is NC(CC(C(=O)O)C(=O)CCC(=O)C(CC(N)C(=O)O)C(=O)O)C(=O)O. The van der Waals surface area contributed by atoms with Crippen LogP contribution >= 0.6 is 0 Å². The van der Waals surface area contributed by atoms with Crippen LogP contribution in [0, 0.1) is 11.8 Å². The fourth-order valence-electron chi connectivity index (χ4n) is 2.04. The molecule has 0 radical (unpaired) electrons. The van der Waals surface area contributed by atoms with Crippen molar-refractivity contribution in [3.63, 3.8) is 0 Å². The number of carbonyl (C=O) groups excluding carboxylic acids is 2. The van der Waals surface area contributed by atoms with E-state index in [0.717, 1.165) is 0 Å². The van der Waals surface area contributed by atoms with Crippen LogP contribution in [-0.2, 0) is 28.8 Å². The average Bonchev–Trinajstić information content (AvgIpc) is 2.53. The molecule has 0 spiro atoms. The number of aliphatic carboxylic acids is 4. The van der Waals surface area contributed by atoms with Crippen LogP contribution in [0.2, 0.25) is 0 Å². The molecule has 12 heteroatoms. The molecule has 0 aliphatic rings. The molecule has 0 aromatic heterocycles. The van der Waals surface area contributed by atoms with E-state index in [0.29, 0.717) is 0 Å². The average molecular weight is 376 g/mol. The zero-order valence-electron chi connectivity index (χ0n) is 13.5. The first-order valence-electron chi connectivity index (χ1n) is 7.36. The molecule has 4 unspecified atom stereocenters. The molecule has 0 aliphatic heterocycles. The van der Waals surface area contributed by atoms with Crippen LogP contribution in [0.1, 0.15) is 25.7 Å². The summed E-state index contributed by atoms with van der Waals surface area (Å²) in [5.41, 5.74) is 10.4. The van der Waals surface area contributed by atoms with Gasteiger partial charge in [-0.05, 0) is 12.8 Å². The molecule has 0 heterocycles. The summed E-state index contributed by atoms with van der Waals surface area (Å²) in [6.07, 6.45) is -2.70. The first kappa shape index (κ1) is 23.1. The van der Waals surface area contributed by atoms with Crippen molar-refractivity contribution in [3.05, 3.63) is 0 Å². The zero-order valence-corrected chi connectivity index (χ0v) is 13.5. The van der Waals surface area contributed by atoms with E-state index in [2.05, 4.69) is 0 Å². The minimum Gasteiger partial charge on any atom is -0.481 e. The van der Waals surface area contributed by atoms with Crippen LogP contribution in [0.3, 0.4) is 0 Å². The number of carboxylic acid groups (broad SMARTS) is 4. The molecule has 0 bridgehead atoms. The van der Waals surface area contributed by atoms with E-state index in [1.165, 1.54) is 0 Å². The fraction of sp³-hybridized carbons (Fsp3) is 0.571. The molecule has 12 nitrogen and oxygen atoms in total. The molecule has 0 saturated carbocycles. The second kappa shape index (κ2) is 10.2. The molecule has 26 heavy (non-hydrogen) atoms. The maximum absolute atomic E-state index is 11.9. The second-order valence-electron chi connectivity index (χ2n) is 5.58. The van der Waals surface area contributed by atoms with Gasteiger partial charge in [-0.1, -0.05) is 0 Å². The third-order valence-corrected chi connectivity index (χ3v) is 3.60. The zero-order chi connectivity index (χ0) is 20.6. The van der Waals surface area contributed by atoms with Gasteiger partial charge >= 0.3 is 23.9 Å². The number of Topliss-reactive ketones (excluding diaryl/α,β-unsaturated/α-hetero) is 2. The predicted molar refractivity (Wildman–Crippen MR) is 82.0 cm³/mol. The van der Waals surface area contributed by atoms with Crippen LogP contribution in [0.5, 0.6) is 0 Å². The molecular formula is C14H20N2O10. The summed E-state index contributed by atoms with van der Waals surface area (Å²) in [4.78, 5) is 67.3. The van der Waals surface area contributed by atoms with Gasteiger partial charge in [0.2, 0.25) is 0 Å². The highest BCUT2D eigenvalue weighted by molar-refractivity contribution is 6.03. The molecule has 0 amide bonds. The maximum atomic E-state index is 11.9. The second-order valence-corrected chi connectivity index (χ2v) is 5.58. The predicted octanol–water partition coefficient (Wildman–Crippen LogP) is -2.09. The lowest BCUT2D eigenvalue weighted by atomic mass is 9.89. The Bertz CT molecular complexity index is 551. The number of hydrogen-bond donors (Lipinski definition) is 6. The molecule has 0 aromatic rings. The topological polar surface area (TPSA) is 235 Å². The summed E-state index contributed by atoms with van der Waals surface area (Å²) >= 11 is 0.